The lowest BCUT2D eigenvalue weighted by molar-refractivity contribution is 0.0354. The number of para-hydroxylation sites is 2. The fourth-order valence-corrected chi connectivity index (χ4v) is 4.27. The van der Waals surface area contributed by atoms with E-state index in [1.54, 1.807) is 7.05 Å². The van der Waals surface area contributed by atoms with Crippen LogP contribution >= 0.6 is 24.0 Å². The van der Waals surface area contributed by atoms with E-state index in [0.717, 1.165) is 50.1 Å². The van der Waals surface area contributed by atoms with Crippen LogP contribution in [-0.2, 0) is 4.74 Å². The minimum absolute atomic E-state index is 0. The van der Waals surface area contributed by atoms with E-state index < -0.39 is 0 Å². The quantitative estimate of drug-likeness (QED) is 0.271. The van der Waals surface area contributed by atoms with E-state index in [0.29, 0.717) is 13.2 Å². The summed E-state index contributed by atoms with van der Waals surface area (Å²) >= 11 is 0. The van der Waals surface area contributed by atoms with Crippen molar-refractivity contribution >= 4 is 29.9 Å². The molecule has 7 nitrogen and oxygen atoms in total. The summed E-state index contributed by atoms with van der Waals surface area (Å²) in [5.74, 6) is 2.34. The van der Waals surface area contributed by atoms with Gasteiger partial charge < -0.3 is 30.2 Å². The van der Waals surface area contributed by atoms with E-state index in [1.165, 1.54) is 5.56 Å². The molecular weight excluding hydrogens is 531 g/mol. The molecule has 8 heteroatoms. The van der Waals surface area contributed by atoms with Crippen LogP contribution in [0, 0.1) is 0 Å². The molecule has 2 aliphatic rings. The van der Waals surface area contributed by atoms with Gasteiger partial charge in [0.2, 0.25) is 0 Å². The molecule has 2 aromatic carbocycles. The highest BCUT2D eigenvalue weighted by Crippen LogP contribution is 2.30. The lowest BCUT2D eigenvalue weighted by Gasteiger charge is -2.41. The number of halogens is 1. The standard InChI is InChI=1S/C25H34N4O3.HI/c1-19(20-8-4-3-5-9-20)29-25(12-14-30-15-13-25)18-28-24(26-2)27-16-21-17-31-22-10-6-7-11-23(22)32-21;/h3-11,19,21,29H,12-18H2,1-2H3,(H2,26,27,28);1H. The summed E-state index contributed by atoms with van der Waals surface area (Å²) in [5.41, 5.74) is 1.23. The van der Waals surface area contributed by atoms with Crippen LogP contribution in [0.1, 0.15) is 31.4 Å². The van der Waals surface area contributed by atoms with Crippen LogP contribution in [0.15, 0.2) is 59.6 Å². The zero-order valence-electron chi connectivity index (χ0n) is 19.4. The molecule has 2 aliphatic heterocycles. The Bertz CT molecular complexity index is 890. The number of guanidine groups is 1. The molecule has 1 fully saturated rings. The minimum atomic E-state index is -0.0725. The maximum absolute atomic E-state index is 6.04. The monoisotopic (exact) mass is 566 g/mol. The molecule has 0 aromatic heterocycles. The second-order valence-corrected chi connectivity index (χ2v) is 8.47. The SMILES string of the molecule is CN=C(NCC1COc2ccccc2O1)NCC1(NC(C)c2ccccc2)CCOCC1.I. The molecule has 0 radical (unpaired) electrons. The average molecular weight is 566 g/mol. The summed E-state index contributed by atoms with van der Waals surface area (Å²) in [4.78, 5) is 4.41. The molecule has 0 spiro atoms. The molecule has 2 atom stereocenters. The topological polar surface area (TPSA) is 76.1 Å². The lowest BCUT2D eigenvalue weighted by Crippen LogP contribution is -2.58. The normalized spacial score (nSPS) is 20.3. The van der Waals surface area contributed by atoms with E-state index in [2.05, 4.69) is 58.2 Å². The van der Waals surface area contributed by atoms with Crippen LogP contribution < -0.4 is 25.4 Å². The first-order valence-electron chi connectivity index (χ1n) is 11.4. The van der Waals surface area contributed by atoms with Gasteiger partial charge in [-0.05, 0) is 37.5 Å². The van der Waals surface area contributed by atoms with Crippen molar-refractivity contribution in [1.82, 2.24) is 16.0 Å². The molecule has 4 rings (SSSR count). The van der Waals surface area contributed by atoms with Crippen molar-refractivity contribution in [3.05, 3.63) is 60.2 Å². The number of aliphatic imine (C=N–C) groups is 1. The molecule has 3 N–H and O–H groups in total. The van der Waals surface area contributed by atoms with Gasteiger partial charge in [-0.1, -0.05) is 42.5 Å². The zero-order chi connectivity index (χ0) is 22.2. The molecule has 0 amide bonds. The van der Waals surface area contributed by atoms with E-state index >= 15 is 0 Å². The van der Waals surface area contributed by atoms with Crippen LogP contribution in [0.3, 0.4) is 0 Å². The Morgan fingerprint density at radius 1 is 1.03 bits per heavy atom. The van der Waals surface area contributed by atoms with Gasteiger partial charge in [-0.3, -0.25) is 4.99 Å². The fourth-order valence-electron chi connectivity index (χ4n) is 4.27. The molecule has 1 saturated heterocycles. The molecule has 0 bridgehead atoms. The lowest BCUT2D eigenvalue weighted by atomic mass is 9.88. The first kappa shape index (κ1) is 25.6. The van der Waals surface area contributed by atoms with Gasteiger partial charge in [0.25, 0.3) is 0 Å². The van der Waals surface area contributed by atoms with Crippen molar-refractivity contribution in [2.45, 2.75) is 37.5 Å². The van der Waals surface area contributed by atoms with Gasteiger partial charge >= 0.3 is 0 Å². The van der Waals surface area contributed by atoms with Gasteiger partial charge in [0.1, 0.15) is 12.7 Å². The summed E-state index contributed by atoms with van der Waals surface area (Å²) in [5, 5.41) is 10.8. The maximum Gasteiger partial charge on any atom is 0.191 e. The Morgan fingerprint density at radius 2 is 1.73 bits per heavy atom. The molecule has 0 saturated carbocycles. The van der Waals surface area contributed by atoms with Crippen LogP contribution in [-0.4, -0.2) is 57.6 Å². The predicted octanol–water partition coefficient (Wildman–Crippen LogP) is 3.51. The summed E-state index contributed by atoms with van der Waals surface area (Å²) in [6, 6.07) is 18.6. The Balaban J connectivity index is 0.00000306. The minimum Gasteiger partial charge on any atom is -0.486 e. The third-order valence-corrected chi connectivity index (χ3v) is 6.15. The first-order chi connectivity index (χ1) is 15.7. The first-order valence-corrected chi connectivity index (χ1v) is 11.4. The Morgan fingerprint density at radius 3 is 2.45 bits per heavy atom. The van der Waals surface area contributed by atoms with Crippen LogP contribution in [0.25, 0.3) is 0 Å². The fraction of sp³-hybridized carbons (Fsp3) is 0.480. The zero-order valence-corrected chi connectivity index (χ0v) is 21.7. The van der Waals surface area contributed by atoms with Crippen LogP contribution in [0.5, 0.6) is 11.5 Å². The average Bonchev–Trinajstić information content (AvgIpc) is 2.85. The maximum atomic E-state index is 6.04. The molecule has 2 heterocycles. The van der Waals surface area contributed by atoms with E-state index in [9.17, 15) is 0 Å². The molecule has 33 heavy (non-hydrogen) atoms. The second kappa shape index (κ2) is 12.4. The van der Waals surface area contributed by atoms with Crippen molar-refractivity contribution in [2.24, 2.45) is 4.99 Å². The van der Waals surface area contributed by atoms with Gasteiger partial charge in [-0.25, -0.2) is 0 Å². The number of benzene rings is 2. The molecule has 180 valence electrons. The molecule has 2 aromatic rings. The van der Waals surface area contributed by atoms with E-state index in [1.807, 2.05) is 24.3 Å². The molecule has 0 aliphatic carbocycles. The number of hydrogen-bond donors (Lipinski definition) is 3. The Kier molecular flexibility index (Phi) is 9.64. The van der Waals surface area contributed by atoms with Crippen molar-refractivity contribution in [3.63, 3.8) is 0 Å². The van der Waals surface area contributed by atoms with Crippen LogP contribution in [0.2, 0.25) is 0 Å². The number of rotatable bonds is 7. The van der Waals surface area contributed by atoms with Gasteiger partial charge in [-0.2, -0.15) is 0 Å². The number of nitrogens with one attached hydrogen (secondary N) is 3. The second-order valence-electron chi connectivity index (χ2n) is 8.47. The van der Waals surface area contributed by atoms with Gasteiger partial charge in [0.05, 0.1) is 6.54 Å². The van der Waals surface area contributed by atoms with Crippen molar-refractivity contribution in [1.29, 1.82) is 0 Å². The molecule has 2 unspecified atom stereocenters. The third kappa shape index (κ3) is 6.97. The van der Waals surface area contributed by atoms with Gasteiger partial charge in [-0.15, -0.1) is 24.0 Å². The number of hydrogen-bond acceptors (Lipinski definition) is 5. The Labute approximate surface area is 213 Å². The summed E-state index contributed by atoms with van der Waals surface area (Å²) in [6.45, 7) is 5.62. The van der Waals surface area contributed by atoms with Crippen molar-refractivity contribution in [2.75, 3.05) is 40.0 Å². The van der Waals surface area contributed by atoms with Crippen molar-refractivity contribution in [3.8, 4) is 11.5 Å². The van der Waals surface area contributed by atoms with Crippen molar-refractivity contribution < 1.29 is 14.2 Å². The summed E-state index contributed by atoms with van der Waals surface area (Å²) < 4.78 is 17.5. The summed E-state index contributed by atoms with van der Waals surface area (Å²) in [7, 11) is 1.79. The highest BCUT2D eigenvalue weighted by atomic mass is 127. The smallest absolute Gasteiger partial charge is 0.191 e. The molecular formula is C25H35IN4O3. The number of fused-ring (bicyclic) bond motifs is 1. The van der Waals surface area contributed by atoms with E-state index in [-0.39, 0.29) is 41.7 Å². The van der Waals surface area contributed by atoms with Gasteiger partial charge in [0.15, 0.2) is 17.5 Å². The highest BCUT2D eigenvalue weighted by Gasteiger charge is 2.34. The Hall–Kier alpha value is -2.04. The third-order valence-electron chi connectivity index (χ3n) is 6.15. The number of nitrogens with zero attached hydrogens (tertiary/aromatic N) is 1. The highest BCUT2D eigenvalue weighted by molar-refractivity contribution is 14.0. The van der Waals surface area contributed by atoms with E-state index in [4.69, 9.17) is 14.2 Å². The number of ether oxygens (including phenoxy) is 3. The van der Waals surface area contributed by atoms with Gasteiger partial charge in [0, 0.05) is 38.4 Å². The van der Waals surface area contributed by atoms with Crippen LogP contribution in [0.4, 0.5) is 0 Å². The predicted molar refractivity (Wildman–Crippen MR) is 142 cm³/mol. The largest absolute Gasteiger partial charge is 0.486 e. The summed E-state index contributed by atoms with van der Waals surface area (Å²) in [6.07, 6.45) is 1.83.